The van der Waals surface area contributed by atoms with E-state index in [9.17, 15) is 4.79 Å². The highest BCUT2D eigenvalue weighted by Crippen LogP contribution is 2.09. The lowest BCUT2D eigenvalue weighted by Crippen LogP contribution is -2.26. The lowest BCUT2D eigenvalue weighted by Gasteiger charge is -2.07. The molecule has 1 aromatic heterocycles. The highest BCUT2D eigenvalue weighted by molar-refractivity contribution is 5.93. The third-order valence-corrected chi connectivity index (χ3v) is 3.62. The highest BCUT2D eigenvalue weighted by Gasteiger charge is 2.08. The number of rotatable bonds is 4. The van der Waals surface area contributed by atoms with Crippen molar-refractivity contribution >= 4 is 16.9 Å². The minimum atomic E-state index is -0.188. The Labute approximate surface area is 129 Å². The van der Waals surface area contributed by atoms with Crippen molar-refractivity contribution in [2.75, 3.05) is 6.54 Å². The molecule has 2 aromatic carbocycles. The maximum atomic E-state index is 12.1. The summed E-state index contributed by atoms with van der Waals surface area (Å²) in [6.45, 7) is 2.66. The summed E-state index contributed by atoms with van der Waals surface area (Å²) in [5.41, 5.74) is 4.35. The average Bonchev–Trinajstić information content (AvgIpc) is 2.56. The summed E-state index contributed by atoms with van der Waals surface area (Å²) in [5.74, 6) is -0.188. The highest BCUT2D eigenvalue weighted by atomic mass is 16.1. The predicted molar refractivity (Wildman–Crippen MR) is 86.8 cm³/mol. The first-order chi connectivity index (χ1) is 10.7. The Kier molecular flexibility index (Phi) is 4.10. The van der Waals surface area contributed by atoms with Gasteiger partial charge in [-0.2, -0.15) is 0 Å². The first kappa shape index (κ1) is 14.2. The topological polar surface area (TPSA) is 54.9 Å². The molecule has 0 atom stereocenters. The van der Waals surface area contributed by atoms with Crippen LogP contribution in [-0.4, -0.2) is 22.4 Å². The summed E-state index contributed by atoms with van der Waals surface area (Å²) in [7, 11) is 0. The second kappa shape index (κ2) is 6.35. The third-order valence-electron chi connectivity index (χ3n) is 3.62. The number of fused-ring (bicyclic) bond motifs is 1. The first-order valence-corrected chi connectivity index (χ1v) is 7.28. The molecule has 0 fully saturated rings. The van der Waals surface area contributed by atoms with Gasteiger partial charge in [0, 0.05) is 6.54 Å². The van der Waals surface area contributed by atoms with Gasteiger partial charge in [0.05, 0.1) is 17.2 Å². The molecule has 0 radical (unpaired) electrons. The summed E-state index contributed by atoms with van der Waals surface area (Å²) < 4.78 is 0. The zero-order chi connectivity index (χ0) is 15.4. The van der Waals surface area contributed by atoms with Crippen LogP contribution in [0.2, 0.25) is 0 Å². The molecule has 1 N–H and O–H groups in total. The minimum absolute atomic E-state index is 0.188. The van der Waals surface area contributed by atoms with E-state index in [1.165, 1.54) is 17.3 Å². The number of hydrogen-bond acceptors (Lipinski definition) is 3. The second-order valence-corrected chi connectivity index (χ2v) is 5.18. The van der Waals surface area contributed by atoms with Gasteiger partial charge >= 0.3 is 0 Å². The normalized spacial score (nSPS) is 10.6. The molecule has 4 heteroatoms. The van der Waals surface area contributed by atoms with E-state index in [1.54, 1.807) is 0 Å². The molecule has 3 aromatic rings. The lowest BCUT2D eigenvalue weighted by atomic mass is 10.1. The Morgan fingerprint density at radius 2 is 1.77 bits per heavy atom. The first-order valence-electron chi connectivity index (χ1n) is 7.28. The molecule has 1 heterocycles. The van der Waals surface area contributed by atoms with Crippen molar-refractivity contribution in [1.82, 2.24) is 15.3 Å². The van der Waals surface area contributed by atoms with Crippen LogP contribution in [0.4, 0.5) is 0 Å². The van der Waals surface area contributed by atoms with Crippen LogP contribution in [0, 0.1) is 6.92 Å². The van der Waals surface area contributed by atoms with Gasteiger partial charge in [0.25, 0.3) is 5.91 Å². The number of hydrogen-bond donors (Lipinski definition) is 1. The van der Waals surface area contributed by atoms with Crippen molar-refractivity contribution in [3.8, 4) is 0 Å². The maximum absolute atomic E-state index is 12.1. The van der Waals surface area contributed by atoms with Crippen LogP contribution < -0.4 is 5.32 Å². The van der Waals surface area contributed by atoms with Crippen LogP contribution in [0.1, 0.15) is 21.6 Å². The van der Waals surface area contributed by atoms with Gasteiger partial charge in [-0.3, -0.25) is 9.78 Å². The molecule has 0 bridgehead atoms. The largest absolute Gasteiger partial charge is 0.350 e. The number of para-hydroxylation sites is 2. The number of aromatic nitrogens is 2. The minimum Gasteiger partial charge on any atom is -0.350 e. The van der Waals surface area contributed by atoms with Crippen molar-refractivity contribution in [1.29, 1.82) is 0 Å². The van der Waals surface area contributed by atoms with Crippen LogP contribution in [0.3, 0.4) is 0 Å². The molecule has 0 saturated carbocycles. The van der Waals surface area contributed by atoms with Gasteiger partial charge in [0.15, 0.2) is 0 Å². The number of carbonyl (C=O) groups excluding carboxylic acids is 1. The molecule has 0 unspecified atom stereocenters. The molecule has 110 valence electrons. The molecule has 0 aliphatic heterocycles. The molecule has 0 spiro atoms. The fourth-order valence-corrected chi connectivity index (χ4v) is 2.36. The van der Waals surface area contributed by atoms with Gasteiger partial charge in [-0.1, -0.05) is 36.4 Å². The third kappa shape index (κ3) is 3.11. The summed E-state index contributed by atoms with van der Waals surface area (Å²) in [5, 5.41) is 2.90. The van der Waals surface area contributed by atoms with Gasteiger partial charge < -0.3 is 5.32 Å². The number of benzene rings is 2. The standard InChI is InChI=1S/C18H17N3O/c1-13-6-2-3-7-14(13)10-11-19-18(22)17-12-20-15-8-4-5-9-16(15)21-17/h2-9,12H,10-11H2,1H3,(H,19,22). The summed E-state index contributed by atoms with van der Waals surface area (Å²) in [6.07, 6.45) is 2.32. The zero-order valence-electron chi connectivity index (χ0n) is 12.4. The van der Waals surface area contributed by atoms with E-state index in [0.717, 1.165) is 17.5 Å². The van der Waals surface area contributed by atoms with E-state index < -0.39 is 0 Å². The van der Waals surface area contributed by atoms with Crippen molar-refractivity contribution in [3.05, 3.63) is 71.5 Å². The molecular weight excluding hydrogens is 274 g/mol. The molecule has 22 heavy (non-hydrogen) atoms. The second-order valence-electron chi connectivity index (χ2n) is 5.18. The van der Waals surface area contributed by atoms with E-state index in [4.69, 9.17) is 0 Å². The number of amides is 1. The molecule has 0 saturated heterocycles. The number of nitrogens with zero attached hydrogens (tertiary/aromatic N) is 2. The number of nitrogens with one attached hydrogen (secondary N) is 1. The molecule has 1 amide bonds. The molecule has 0 aliphatic rings. The predicted octanol–water partition coefficient (Wildman–Crippen LogP) is 2.91. The summed E-state index contributed by atoms with van der Waals surface area (Å²) in [6, 6.07) is 15.7. The summed E-state index contributed by atoms with van der Waals surface area (Å²) >= 11 is 0. The Bertz CT molecular complexity index is 814. The van der Waals surface area contributed by atoms with E-state index >= 15 is 0 Å². The van der Waals surface area contributed by atoms with Gasteiger partial charge in [0.1, 0.15) is 5.69 Å². The zero-order valence-corrected chi connectivity index (χ0v) is 12.4. The van der Waals surface area contributed by atoms with Crippen molar-refractivity contribution in [2.24, 2.45) is 0 Å². The maximum Gasteiger partial charge on any atom is 0.271 e. The van der Waals surface area contributed by atoms with Gasteiger partial charge in [-0.25, -0.2) is 4.98 Å². The number of carbonyl (C=O) groups is 1. The molecule has 0 aliphatic carbocycles. The van der Waals surface area contributed by atoms with Crippen LogP contribution >= 0.6 is 0 Å². The molecule has 3 rings (SSSR count). The van der Waals surface area contributed by atoms with Crippen LogP contribution in [-0.2, 0) is 6.42 Å². The van der Waals surface area contributed by atoms with Gasteiger partial charge in [-0.15, -0.1) is 0 Å². The molecular formula is C18H17N3O. The van der Waals surface area contributed by atoms with E-state index in [1.807, 2.05) is 36.4 Å². The SMILES string of the molecule is Cc1ccccc1CCNC(=O)c1cnc2ccccc2n1. The smallest absolute Gasteiger partial charge is 0.271 e. The van der Waals surface area contributed by atoms with Gasteiger partial charge in [-0.05, 0) is 36.6 Å². The van der Waals surface area contributed by atoms with E-state index in [-0.39, 0.29) is 5.91 Å². The molecule has 4 nitrogen and oxygen atoms in total. The average molecular weight is 291 g/mol. The van der Waals surface area contributed by atoms with Crippen molar-refractivity contribution < 1.29 is 4.79 Å². The monoisotopic (exact) mass is 291 g/mol. The van der Waals surface area contributed by atoms with Crippen molar-refractivity contribution in [3.63, 3.8) is 0 Å². The number of aryl methyl sites for hydroxylation is 1. The Morgan fingerprint density at radius 3 is 2.59 bits per heavy atom. The van der Waals surface area contributed by atoms with Crippen LogP contribution in [0.25, 0.3) is 11.0 Å². The van der Waals surface area contributed by atoms with Crippen LogP contribution in [0.5, 0.6) is 0 Å². The Balaban J connectivity index is 1.65. The fourth-order valence-electron chi connectivity index (χ4n) is 2.36. The quantitative estimate of drug-likeness (QED) is 0.804. The van der Waals surface area contributed by atoms with Crippen molar-refractivity contribution in [2.45, 2.75) is 13.3 Å². The van der Waals surface area contributed by atoms with E-state index in [2.05, 4.69) is 34.3 Å². The summed E-state index contributed by atoms with van der Waals surface area (Å²) in [4.78, 5) is 20.8. The fraction of sp³-hybridized carbons (Fsp3) is 0.167. The van der Waals surface area contributed by atoms with Gasteiger partial charge in [0.2, 0.25) is 0 Å². The Hall–Kier alpha value is -2.75. The van der Waals surface area contributed by atoms with E-state index in [0.29, 0.717) is 12.2 Å². The lowest BCUT2D eigenvalue weighted by molar-refractivity contribution is 0.0949. The van der Waals surface area contributed by atoms with Crippen LogP contribution in [0.15, 0.2) is 54.7 Å². The Morgan fingerprint density at radius 1 is 1.05 bits per heavy atom.